The van der Waals surface area contributed by atoms with Crippen LogP contribution < -0.4 is 11.0 Å². The number of nitrogens with one attached hydrogen (secondary N) is 1. The average molecular weight is 544 g/mol. The molecular formula is C28H20F3N7O2. The lowest BCUT2D eigenvalue weighted by Gasteiger charge is -2.12. The van der Waals surface area contributed by atoms with Crippen LogP contribution in [0.25, 0.3) is 22.8 Å². The third-order valence-corrected chi connectivity index (χ3v) is 6.19. The van der Waals surface area contributed by atoms with Gasteiger partial charge in [0.25, 0.3) is 0 Å². The number of carbonyl (C=O) groups is 1. The maximum Gasteiger partial charge on any atom is 0.416 e. The fourth-order valence-corrected chi connectivity index (χ4v) is 4.33. The summed E-state index contributed by atoms with van der Waals surface area (Å²) >= 11 is 0. The van der Waals surface area contributed by atoms with Crippen molar-refractivity contribution in [1.29, 1.82) is 5.26 Å². The molecule has 1 amide bonds. The van der Waals surface area contributed by atoms with Crippen molar-refractivity contribution >= 4 is 6.03 Å². The molecule has 9 nitrogen and oxygen atoms in total. The molecule has 2 aromatic carbocycles. The molecule has 0 saturated carbocycles. The summed E-state index contributed by atoms with van der Waals surface area (Å²) in [5.41, 5.74) is 0.328. The zero-order valence-corrected chi connectivity index (χ0v) is 20.9. The zero-order valence-electron chi connectivity index (χ0n) is 20.9. The van der Waals surface area contributed by atoms with E-state index in [1.807, 2.05) is 6.07 Å². The Morgan fingerprint density at radius 2 is 1.77 bits per heavy atom. The Hall–Kier alpha value is -5.44. The van der Waals surface area contributed by atoms with E-state index in [9.17, 15) is 22.8 Å². The summed E-state index contributed by atoms with van der Waals surface area (Å²) in [6.45, 7) is 1.55. The summed E-state index contributed by atoms with van der Waals surface area (Å²) in [4.78, 5) is 31.4. The van der Waals surface area contributed by atoms with E-state index >= 15 is 0 Å². The number of aromatic nitrogens is 5. The van der Waals surface area contributed by atoms with Crippen LogP contribution in [0.5, 0.6) is 0 Å². The van der Waals surface area contributed by atoms with Gasteiger partial charge in [-0.1, -0.05) is 12.1 Å². The largest absolute Gasteiger partial charge is 0.416 e. The molecule has 0 saturated heterocycles. The van der Waals surface area contributed by atoms with Gasteiger partial charge < -0.3 is 5.32 Å². The third-order valence-electron chi connectivity index (χ3n) is 6.19. The standard InChI is InChI=1S/C28H20F3N7O2/c1-18-25(24-12-14-35-38(24)22-10-8-19(16-32)9-11-22)37(26(39)34-17-21-6-2-3-13-33-21)27(40)36(18)23-7-4-5-20(15-23)28(29,30)31/h2-15H,17H2,1H3,(H,34,39). The van der Waals surface area contributed by atoms with E-state index in [1.165, 1.54) is 29.9 Å². The van der Waals surface area contributed by atoms with E-state index in [-0.39, 0.29) is 23.6 Å². The van der Waals surface area contributed by atoms with Crippen molar-refractivity contribution in [2.45, 2.75) is 19.6 Å². The lowest BCUT2D eigenvalue weighted by Crippen LogP contribution is -2.37. The molecule has 3 heterocycles. The normalized spacial score (nSPS) is 11.3. The quantitative estimate of drug-likeness (QED) is 0.341. The Morgan fingerprint density at radius 1 is 1.00 bits per heavy atom. The van der Waals surface area contributed by atoms with E-state index in [4.69, 9.17) is 5.26 Å². The van der Waals surface area contributed by atoms with Crippen LogP contribution >= 0.6 is 0 Å². The second-order valence-electron chi connectivity index (χ2n) is 8.70. The fraction of sp³-hybridized carbons (Fsp3) is 0.107. The monoisotopic (exact) mass is 543 g/mol. The van der Waals surface area contributed by atoms with Crippen molar-refractivity contribution in [1.82, 2.24) is 29.2 Å². The topological polar surface area (TPSA) is 111 Å². The lowest BCUT2D eigenvalue weighted by atomic mass is 10.2. The van der Waals surface area contributed by atoms with E-state index in [1.54, 1.807) is 54.7 Å². The summed E-state index contributed by atoms with van der Waals surface area (Å²) in [7, 11) is 0. The molecule has 5 aromatic rings. The zero-order chi connectivity index (χ0) is 28.4. The molecule has 200 valence electrons. The lowest BCUT2D eigenvalue weighted by molar-refractivity contribution is -0.137. The van der Waals surface area contributed by atoms with E-state index < -0.39 is 23.5 Å². The van der Waals surface area contributed by atoms with Gasteiger partial charge >= 0.3 is 17.9 Å². The van der Waals surface area contributed by atoms with Crippen LogP contribution in [0.2, 0.25) is 0 Å². The first-order chi connectivity index (χ1) is 19.2. The van der Waals surface area contributed by atoms with Gasteiger partial charge in [-0.25, -0.2) is 18.8 Å². The van der Waals surface area contributed by atoms with Gasteiger partial charge in [0, 0.05) is 6.20 Å². The minimum atomic E-state index is -4.63. The molecule has 3 aromatic heterocycles. The molecular weight excluding hydrogens is 523 g/mol. The second-order valence-corrected chi connectivity index (χ2v) is 8.70. The number of pyridine rings is 1. The van der Waals surface area contributed by atoms with Gasteiger partial charge in [-0.05, 0) is 67.6 Å². The number of benzene rings is 2. The van der Waals surface area contributed by atoms with Crippen LogP contribution in [0.1, 0.15) is 22.5 Å². The van der Waals surface area contributed by atoms with E-state index in [0.717, 1.165) is 21.3 Å². The maximum absolute atomic E-state index is 13.8. The number of hydrogen-bond donors (Lipinski definition) is 1. The SMILES string of the molecule is Cc1c(-c2ccnn2-c2ccc(C#N)cc2)n(C(=O)NCc2ccccn2)c(=O)n1-c1cccc(C(F)(F)F)c1. The molecule has 0 radical (unpaired) electrons. The Kier molecular flexibility index (Phi) is 6.79. The molecule has 1 N–H and O–H groups in total. The predicted octanol–water partition coefficient (Wildman–Crippen LogP) is 4.84. The first-order valence-electron chi connectivity index (χ1n) is 11.9. The number of nitriles is 1. The van der Waals surface area contributed by atoms with Crippen molar-refractivity contribution in [3.05, 3.63) is 118 Å². The highest BCUT2D eigenvalue weighted by Gasteiger charge is 2.32. The number of hydrogen-bond acceptors (Lipinski definition) is 5. The summed E-state index contributed by atoms with van der Waals surface area (Å²) in [6, 6.07) is 18.8. The van der Waals surface area contributed by atoms with Crippen LogP contribution in [0, 0.1) is 18.3 Å². The van der Waals surface area contributed by atoms with Gasteiger partial charge in [-0.15, -0.1) is 0 Å². The molecule has 40 heavy (non-hydrogen) atoms. The number of amides is 1. The van der Waals surface area contributed by atoms with Crippen molar-refractivity contribution in [3.63, 3.8) is 0 Å². The van der Waals surface area contributed by atoms with Crippen molar-refractivity contribution in [2.75, 3.05) is 0 Å². The van der Waals surface area contributed by atoms with Crippen molar-refractivity contribution in [2.24, 2.45) is 0 Å². The van der Waals surface area contributed by atoms with Crippen molar-refractivity contribution in [3.8, 4) is 28.8 Å². The number of alkyl halides is 3. The number of carbonyl (C=O) groups excluding carboxylic acids is 1. The van der Waals surface area contributed by atoms with Crippen molar-refractivity contribution < 1.29 is 18.0 Å². The fourth-order valence-electron chi connectivity index (χ4n) is 4.33. The van der Waals surface area contributed by atoms with Gasteiger partial charge in [0.1, 0.15) is 5.69 Å². The first kappa shape index (κ1) is 26.2. The molecule has 0 aliphatic carbocycles. The third kappa shape index (κ3) is 4.88. The van der Waals surface area contributed by atoms with Crippen LogP contribution in [0.15, 0.2) is 90.0 Å². The molecule has 0 aliphatic heterocycles. The van der Waals surface area contributed by atoms with Gasteiger partial charge in [0.2, 0.25) is 0 Å². The minimum absolute atomic E-state index is 0.00816. The smallest absolute Gasteiger partial charge is 0.332 e. The predicted molar refractivity (Wildman–Crippen MR) is 139 cm³/mol. The Labute approximate surface area is 225 Å². The number of imidazole rings is 1. The van der Waals surface area contributed by atoms with E-state index in [2.05, 4.69) is 15.4 Å². The average Bonchev–Trinajstić information content (AvgIpc) is 3.53. The summed E-state index contributed by atoms with van der Waals surface area (Å²) in [5, 5.41) is 16.1. The maximum atomic E-state index is 13.8. The highest BCUT2D eigenvalue weighted by atomic mass is 19.4. The number of halogens is 3. The van der Waals surface area contributed by atoms with Crippen LogP contribution in [-0.4, -0.2) is 29.9 Å². The van der Waals surface area contributed by atoms with Crippen LogP contribution in [0.3, 0.4) is 0 Å². The Balaban J connectivity index is 1.68. The molecule has 0 fully saturated rings. The highest BCUT2D eigenvalue weighted by Crippen LogP contribution is 2.32. The molecule has 0 spiro atoms. The summed E-state index contributed by atoms with van der Waals surface area (Å²) in [5.74, 6) is 0. The second kappa shape index (κ2) is 10.4. The number of nitrogens with zero attached hydrogens (tertiary/aromatic N) is 6. The van der Waals surface area contributed by atoms with E-state index in [0.29, 0.717) is 22.6 Å². The molecule has 12 heteroatoms. The molecule has 0 unspecified atom stereocenters. The summed E-state index contributed by atoms with van der Waals surface area (Å²) in [6.07, 6.45) is -1.61. The molecule has 0 aliphatic rings. The van der Waals surface area contributed by atoms with Gasteiger partial charge in [-0.2, -0.15) is 23.5 Å². The summed E-state index contributed by atoms with van der Waals surface area (Å²) < 4.78 is 43.8. The Morgan fingerprint density at radius 3 is 2.45 bits per heavy atom. The highest BCUT2D eigenvalue weighted by molar-refractivity contribution is 5.83. The molecule has 5 rings (SSSR count). The molecule has 0 bridgehead atoms. The first-order valence-corrected chi connectivity index (χ1v) is 11.9. The number of rotatable bonds is 5. The van der Waals surface area contributed by atoms with Crippen LogP contribution in [0.4, 0.5) is 18.0 Å². The van der Waals surface area contributed by atoms with Gasteiger partial charge in [0.15, 0.2) is 0 Å². The molecule has 0 atom stereocenters. The Bertz CT molecular complexity index is 1790. The van der Waals surface area contributed by atoms with Gasteiger partial charge in [0.05, 0.1) is 58.4 Å². The van der Waals surface area contributed by atoms with Crippen LogP contribution in [-0.2, 0) is 12.7 Å². The van der Waals surface area contributed by atoms with Gasteiger partial charge in [-0.3, -0.25) is 9.55 Å². The minimum Gasteiger partial charge on any atom is -0.332 e.